The van der Waals surface area contributed by atoms with Gasteiger partial charge in [-0.25, -0.2) is 4.39 Å². The molecule has 6 heteroatoms. The van der Waals surface area contributed by atoms with Crippen LogP contribution in [0.1, 0.15) is 37.8 Å². The minimum Gasteiger partial charge on any atom is -0.496 e. The molecule has 1 saturated heterocycles. The third-order valence-corrected chi connectivity index (χ3v) is 3.97. The van der Waals surface area contributed by atoms with Gasteiger partial charge in [0, 0.05) is 12.0 Å². The zero-order valence-corrected chi connectivity index (χ0v) is 13.8. The molecule has 1 aromatic rings. The maximum atomic E-state index is 13.4. The highest BCUT2D eigenvalue weighted by Crippen LogP contribution is 2.26. The summed E-state index contributed by atoms with van der Waals surface area (Å²) in [5, 5.41) is 6.23. The van der Waals surface area contributed by atoms with Crippen LogP contribution in [0, 0.1) is 11.7 Å². The quantitative estimate of drug-likeness (QED) is 0.873. The minimum absolute atomic E-state index is 0. The van der Waals surface area contributed by atoms with Crippen molar-refractivity contribution in [1.29, 1.82) is 0 Å². The first-order valence-corrected chi connectivity index (χ1v) is 7.43. The van der Waals surface area contributed by atoms with Gasteiger partial charge in [-0.05, 0) is 57.0 Å². The molecular formula is C16H24ClFN2O2. The van der Waals surface area contributed by atoms with Crippen LogP contribution in [0.3, 0.4) is 0 Å². The van der Waals surface area contributed by atoms with Crippen LogP contribution < -0.4 is 15.4 Å². The molecule has 0 aromatic heterocycles. The molecule has 0 aliphatic carbocycles. The van der Waals surface area contributed by atoms with Crippen molar-refractivity contribution in [2.45, 2.75) is 32.2 Å². The molecule has 22 heavy (non-hydrogen) atoms. The first-order valence-electron chi connectivity index (χ1n) is 7.43. The van der Waals surface area contributed by atoms with E-state index in [0.29, 0.717) is 23.7 Å². The lowest BCUT2D eigenvalue weighted by Crippen LogP contribution is -2.33. The molecule has 124 valence electrons. The fourth-order valence-corrected chi connectivity index (χ4v) is 2.77. The number of carbonyl (C=O) groups is 1. The number of hydrogen-bond donors (Lipinski definition) is 2. The summed E-state index contributed by atoms with van der Waals surface area (Å²) in [5.74, 6) is 0.713. The van der Waals surface area contributed by atoms with Crippen molar-refractivity contribution in [3.05, 3.63) is 29.6 Å². The van der Waals surface area contributed by atoms with Crippen LogP contribution in [0.4, 0.5) is 4.39 Å². The van der Waals surface area contributed by atoms with Crippen molar-refractivity contribution in [2.75, 3.05) is 20.2 Å². The molecule has 1 fully saturated rings. The second-order valence-corrected chi connectivity index (χ2v) is 5.57. The summed E-state index contributed by atoms with van der Waals surface area (Å²) < 4.78 is 18.6. The van der Waals surface area contributed by atoms with E-state index < -0.39 is 0 Å². The number of benzene rings is 1. The normalized spacial score (nSPS) is 16.5. The summed E-state index contributed by atoms with van der Waals surface area (Å²) in [7, 11) is 1.54. The molecule has 1 amide bonds. The topological polar surface area (TPSA) is 50.4 Å². The lowest BCUT2D eigenvalue weighted by molar-refractivity contribution is -0.122. The van der Waals surface area contributed by atoms with E-state index >= 15 is 0 Å². The number of halogens is 2. The monoisotopic (exact) mass is 330 g/mol. The van der Waals surface area contributed by atoms with Gasteiger partial charge in [-0.3, -0.25) is 4.79 Å². The number of carbonyl (C=O) groups excluding carboxylic acids is 1. The number of piperidine rings is 1. The van der Waals surface area contributed by atoms with E-state index in [-0.39, 0.29) is 30.2 Å². The largest absolute Gasteiger partial charge is 0.496 e. The molecule has 1 aliphatic rings. The van der Waals surface area contributed by atoms with Gasteiger partial charge in [-0.1, -0.05) is 0 Å². The summed E-state index contributed by atoms with van der Waals surface area (Å²) in [6, 6.07) is 4.07. The maximum absolute atomic E-state index is 13.4. The van der Waals surface area contributed by atoms with E-state index in [4.69, 9.17) is 4.74 Å². The lowest BCUT2D eigenvalue weighted by atomic mass is 9.94. The molecule has 1 atom stereocenters. The molecular weight excluding hydrogens is 307 g/mol. The second-order valence-electron chi connectivity index (χ2n) is 5.57. The number of nitrogens with one attached hydrogen (secondary N) is 2. The molecule has 0 spiro atoms. The summed E-state index contributed by atoms with van der Waals surface area (Å²) >= 11 is 0. The van der Waals surface area contributed by atoms with Gasteiger partial charge in [-0.15, -0.1) is 12.4 Å². The van der Waals surface area contributed by atoms with Crippen LogP contribution in [0.5, 0.6) is 5.75 Å². The Balaban J connectivity index is 0.00000242. The van der Waals surface area contributed by atoms with E-state index in [2.05, 4.69) is 10.6 Å². The van der Waals surface area contributed by atoms with E-state index in [1.54, 1.807) is 13.2 Å². The standard InChI is InChI=1S/C16H23FN2O2.ClH/c1-11(14-10-13(17)3-4-15(14)21-2)19-16(20)9-12-5-7-18-8-6-12;/h3-4,10-12,18H,5-9H2,1-2H3,(H,19,20);1H. The minimum atomic E-state index is -0.328. The third kappa shape index (κ3) is 5.14. The van der Waals surface area contributed by atoms with E-state index in [0.717, 1.165) is 25.9 Å². The molecule has 1 aromatic carbocycles. The van der Waals surface area contributed by atoms with Crippen molar-refractivity contribution >= 4 is 18.3 Å². The predicted octanol–water partition coefficient (Wildman–Crippen LogP) is 2.82. The first-order chi connectivity index (χ1) is 10.1. The summed E-state index contributed by atoms with van der Waals surface area (Å²) in [5.41, 5.74) is 0.663. The SMILES string of the molecule is COc1ccc(F)cc1C(C)NC(=O)CC1CCNCC1.Cl. The van der Waals surface area contributed by atoms with Gasteiger partial charge in [0.2, 0.25) is 5.91 Å². The molecule has 4 nitrogen and oxygen atoms in total. The zero-order chi connectivity index (χ0) is 15.2. The average molecular weight is 331 g/mol. The summed E-state index contributed by atoms with van der Waals surface area (Å²) in [6.45, 7) is 3.80. The Bertz CT molecular complexity index is 493. The first kappa shape index (κ1) is 18.7. The van der Waals surface area contributed by atoms with Gasteiger partial charge in [0.25, 0.3) is 0 Å². The Kier molecular flexibility index (Phi) is 7.62. The Morgan fingerprint density at radius 2 is 2.14 bits per heavy atom. The average Bonchev–Trinajstić information content (AvgIpc) is 2.48. The van der Waals surface area contributed by atoms with Crippen LogP contribution in [0.2, 0.25) is 0 Å². The van der Waals surface area contributed by atoms with Crippen LogP contribution in [0.25, 0.3) is 0 Å². The van der Waals surface area contributed by atoms with Gasteiger partial charge >= 0.3 is 0 Å². The smallest absolute Gasteiger partial charge is 0.220 e. The maximum Gasteiger partial charge on any atom is 0.220 e. The van der Waals surface area contributed by atoms with E-state index in [9.17, 15) is 9.18 Å². The third-order valence-electron chi connectivity index (χ3n) is 3.97. The molecule has 1 heterocycles. The Labute approximate surface area is 137 Å². The highest BCUT2D eigenvalue weighted by atomic mass is 35.5. The number of amides is 1. The fourth-order valence-electron chi connectivity index (χ4n) is 2.77. The van der Waals surface area contributed by atoms with Crippen molar-refractivity contribution < 1.29 is 13.9 Å². The molecule has 0 radical (unpaired) electrons. The van der Waals surface area contributed by atoms with E-state index in [1.807, 2.05) is 6.92 Å². The van der Waals surface area contributed by atoms with Crippen molar-refractivity contribution in [2.24, 2.45) is 5.92 Å². The lowest BCUT2D eigenvalue weighted by Gasteiger charge is -2.23. The number of methoxy groups -OCH3 is 1. The van der Waals surface area contributed by atoms with Gasteiger partial charge in [0.1, 0.15) is 11.6 Å². The highest BCUT2D eigenvalue weighted by molar-refractivity contribution is 5.85. The fraction of sp³-hybridized carbons (Fsp3) is 0.562. The predicted molar refractivity (Wildman–Crippen MR) is 87.0 cm³/mol. The van der Waals surface area contributed by atoms with Crippen molar-refractivity contribution in [1.82, 2.24) is 10.6 Å². The number of ether oxygens (including phenoxy) is 1. The van der Waals surface area contributed by atoms with Crippen LogP contribution in [0.15, 0.2) is 18.2 Å². The molecule has 2 rings (SSSR count). The van der Waals surface area contributed by atoms with Crippen molar-refractivity contribution in [3.63, 3.8) is 0 Å². The molecule has 0 saturated carbocycles. The molecule has 1 unspecified atom stereocenters. The summed E-state index contributed by atoms with van der Waals surface area (Å²) in [6.07, 6.45) is 2.60. The Morgan fingerprint density at radius 3 is 2.77 bits per heavy atom. The van der Waals surface area contributed by atoms with Crippen LogP contribution in [-0.4, -0.2) is 26.1 Å². The Morgan fingerprint density at radius 1 is 1.45 bits per heavy atom. The van der Waals surface area contributed by atoms with Crippen LogP contribution in [-0.2, 0) is 4.79 Å². The van der Waals surface area contributed by atoms with Gasteiger partial charge in [0.05, 0.1) is 13.2 Å². The Hall–Kier alpha value is -1.33. The molecule has 0 bridgehead atoms. The second kappa shape index (κ2) is 8.96. The van der Waals surface area contributed by atoms with Gasteiger partial charge in [0.15, 0.2) is 0 Å². The van der Waals surface area contributed by atoms with Gasteiger partial charge in [-0.2, -0.15) is 0 Å². The van der Waals surface area contributed by atoms with E-state index in [1.165, 1.54) is 12.1 Å². The number of rotatable bonds is 5. The zero-order valence-electron chi connectivity index (χ0n) is 13.0. The number of hydrogen-bond acceptors (Lipinski definition) is 3. The summed E-state index contributed by atoms with van der Waals surface area (Å²) in [4.78, 5) is 12.1. The van der Waals surface area contributed by atoms with Gasteiger partial charge < -0.3 is 15.4 Å². The molecule has 2 N–H and O–H groups in total. The highest BCUT2D eigenvalue weighted by Gasteiger charge is 2.19. The van der Waals surface area contributed by atoms with Crippen LogP contribution >= 0.6 is 12.4 Å². The van der Waals surface area contributed by atoms with Crippen molar-refractivity contribution in [3.8, 4) is 5.75 Å². The molecule has 1 aliphatic heterocycles.